The second-order valence-corrected chi connectivity index (χ2v) is 4.07. The van der Waals surface area contributed by atoms with Crippen LogP contribution in [-0.2, 0) is 13.1 Å². The quantitative estimate of drug-likeness (QED) is 0.764. The van der Waals surface area contributed by atoms with Crippen LogP contribution in [0, 0.1) is 11.3 Å². The molecule has 0 atom stereocenters. The Morgan fingerprint density at radius 2 is 2.37 bits per heavy atom. The van der Waals surface area contributed by atoms with E-state index in [1.165, 1.54) is 0 Å². The fourth-order valence-corrected chi connectivity index (χ4v) is 1.72. The summed E-state index contributed by atoms with van der Waals surface area (Å²) in [5.74, 6) is 0.732. The van der Waals surface area contributed by atoms with Gasteiger partial charge in [0.15, 0.2) is 6.61 Å². The van der Waals surface area contributed by atoms with Crippen molar-refractivity contribution < 1.29 is 4.74 Å². The third-order valence-corrected chi connectivity index (χ3v) is 2.64. The molecule has 0 fully saturated rings. The van der Waals surface area contributed by atoms with Crippen LogP contribution in [-0.4, -0.2) is 22.7 Å². The molecule has 0 aliphatic carbocycles. The number of imidazole rings is 1. The van der Waals surface area contributed by atoms with Crippen molar-refractivity contribution in [1.82, 2.24) is 14.9 Å². The number of aromatic nitrogens is 2. The zero-order valence-corrected chi connectivity index (χ0v) is 10.6. The summed E-state index contributed by atoms with van der Waals surface area (Å²) in [5, 5.41) is 11.8. The summed E-state index contributed by atoms with van der Waals surface area (Å²) in [7, 11) is 0. The van der Waals surface area contributed by atoms with Gasteiger partial charge in [-0.2, -0.15) is 5.26 Å². The molecule has 0 amide bonds. The van der Waals surface area contributed by atoms with Gasteiger partial charge in [-0.15, -0.1) is 0 Å². The molecule has 1 N–H and O–H groups in total. The number of hydrogen-bond donors (Lipinski definition) is 1. The van der Waals surface area contributed by atoms with Gasteiger partial charge in [-0.3, -0.25) is 0 Å². The number of rotatable bonds is 7. The zero-order chi connectivity index (χ0) is 13.3. The highest BCUT2D eigenvalue weighted by Crippen LogP contribution is 2.12. The molecule has 19 heavy (non-hydrogen) atoms. The molecule has 0 unspecified atom stereocenters. The highest BCUT2D eigenvalue weighted by molar-refractivity contribution is 5.28. The molecular weight excluding hydrogens is 240 g/mol. The van der Waals surface area contributed by atoms with Gasteiger partial charge < -0.3 is 14.6 Å². The van der Waals surface area contributed by atoms with Gasteiger partial charge in [0.1, 0.15) is 11.8 Å². The third-order valence-electron chi connectivity index (χ3n) is 2.64. The predicted molar refractivity (Wildman–Crippen MR) is 71.5 cm³/mol. The summed E-state index contributed by atoms with van der Waals surface area (Å²) in [6.45, 7) is 2.63. The minimum absolute atomic E-state index is 0.0809. The molecule has 0 spiro atoms. The topological polar surface area (TPSA) is 62.9 Å². The van der Waals surface area contributed by atoms with Crippen molar-refractivity contribution in [2.24, 2.45) is 0 Å². The van der Waals surface area contributed by atoms with Gasteiger partial charge in [0, 0.05) is 32.0 Å². The van der Waals surface area contributed by atoms with Crippen LogP contribution in [0.2, 0.25) is 0 Å². The summed E-state index contributed by atoms with van der Waals surface area (Å²) in [4.78, 5) is 3.99. The molecule has 5 nitrogen and oxygen atoms in total. The van der Waals surface area contributed by atoms with Crippen molar-refractivity contribution in [2.45, 2.75) is 13.1 Å². The lowest BCUT2D eigenvalue weighted by molar-refractivity contribution is 0.367. The predicted octanol–water partition coefficient (Wildman–Crippen LogP) is 1.58. The number of nitriles is 1. The summed E-state index contributed by atoms with van der Waals surface area (Å²) in [6, 6.07) is 9.72. The first-order valence-electron chi connectivity index (χ1n) is 6.13. The van der Waals surface area contributed by atoms with Gasteiger partial charge in [0.05, 0.1) is 6.33 Å². The first kappa shape index (κ1) is 13.1. The summed E-state index contributed by atoms with van der Waals surface area (Å²) >= 11 is 0. The third kappa shape index (κ3) is 4.45. The Morgan fingerprint density at radius 1 is 1.42 bits per heavy atom. The van der Waals surface area contributed by atoms with E-state index in [1.807, 2.05) is 41.1 Å². The number of hydrogen-bond acceptors (Lipinski definition) is 4. The van der Waals surface area contributed by atoms with Crippen LogP contribution in [0.5, 0.6) is 5.75 Å². The number of benzene rings is 1. The maximum atomic E-state index is 8.47. The number of nitrogens with zero attached hydrogens (tertiary/aromatic N) is 3. The van der Waals surface area contributed by atoms with Crippen molar-refractivity contribution in [2.75, 3.05) is 13.2 Å². The van der Waals surface area contributed by atoms with Gasteiger partial charge in [0.2, 0.25) is 0 Å². The molecule has 0 saturated carbocycles. The second kappa shape index (κ2) is 7.19. The molecule has 98 valence electrons. The summed E-state index contributed by atoms with van der Waals surface area (Å²) in [6.07, 6.45) is 5.52. The first-order chi connectivity index (χ1) is 9.38. The van der Waals surface area contributed by atoms with Gasteiger partial charge >= 0.3 is 0 Å². The first-order valence-corrected chi connectivity index (χ1v) is 6.13. The fraction of sp³-hybridized carbons (Fsp3) is 0.286. The van der Waals surface area contributed by atoms with Crippen LogP contribution in [0.3, 0.4) is 0 Å². The van der Waals surface area contributed by atoms with Crippen molar-refractivity contribution in [3.8, 4) is 11.8 Å². The molecule has 2 rings (SSSR count). The SMILES string of the molecule is N#CCOc1cccc(CNCCn2ccnc2)c1. The van der Waals surface area contributed by atoms with Crippen LogP contribution in [0.25, 0.3) is 0 Å². The largest absolute Gasteiger partial charge is 0.479 e. The fourth-order valence-electron chi connectivity index (χ4n) is 1.72. The molecule has 1 aromatic heterocycles. The molecule has 0 radical (unpaired) electrons. The minimum Gasteiger partial charge on any atom is -0.479 e. The lowest BCUT2D eigenvalue weighted by Gasteiger charge is -2.07. The monoisotopic (exact) mass is 256 g/mol. The van der Waals surface area contributed by atoms with Crippen LogP contribution in [0.1, 0.15) is 5.56 Å². The van der Waals surface area contributed by atoms with E-state index in [4.69, 9.17) is 10.00 Å². The second-order valence-electron chi connectivity index (χ2n) is 4.07. The van der Waals surface area contributed by atoms with E-state index in [-0.39, 0.29) is 6.61 Å². The van der Waals surface area contributed by atoms with E-state index in [1.54, 1.807) is 12.5 Å². The Labute approximate surface area is 112 Å². The minimum atomic E-state index is 0.0809. The Bertz CT molecular complexity index is 531. The lowest BCUT2D eigenvalue weighted by Crippen LogP contribution is -2.18. The smallest absolute Gasteiger partial charge is 0.174 e. The maximum absolute atomic E-state index is 8.47. The summed E-state index contributed by atoms with van der Waals surface area (Å²) in [5.41, 5.74) is 1.14. The van der Waals surface area contributed by atoms with Crippen LogP contribution < -0.4 is 10.1 Å². The molecule has 0 bridgehead atoms. The van der Waals surface area contributed by atoms with Gasteiger partial charge in [-0.25, -0.2) is 4.98 Å². The standard InChI is InChI=1S/C14H16N4O/c15-4-9-19-14-3-1-2-13(10-14)11-16-5-7-18-8-6-17-12-18/h1-3,6,8,10,12,16H,5,7,9,11H2. The van der Waals surface area contributed by atoms with Crippen molar-refractivity contribution in [3.63, 3.8) is 0 Å². The maximum Gasteiger partial charge on any atom is 0.174 e. The Hall–Kier alpha value is -2.32. The van der Waals surface area contributed by atoms with E-state index in [9.17, 15) is 0 Å². The highest BCUT2D eigenvalue weighted by Gasteiger charge is 1.97. The lowest BCUT2D eigenvalue weighted by atomic mass is 10.2. The average Bonchev–Trinajstić information content (AvgIpc) is 2.95. The van der Waals surface area contributed by atoms with Crippen molar-refractivity contribution in [3.05, 3.63) is 48.5 Å². The Morgan fingerprint density at radius 3 is 3.16 bits per heavy atom. The molecule has 1 aromatic carbocycles. The number of nitrogens with one attached hydrogen (secondary N) is 1. The van der Waals surface area contributed by atoms with Crippen molar-refractivity contribution >= 4 is 0 Å². The number of ether oxygens (including phenoxy) is 1. The molecule has 0 aliphatic rings. The van der Waals surface area contributed by atoms with E-state index >= 15 is 0 Å². The van der Waals surface area contributed by atoms with E-state index in [2.05, 4.69) is 10.3 Å². The normalized spacial score (nSPS) is 10.1. The van der Waals surface area contributed by atoms with Gasteiger partial charge in [-0.1, -0.05) is 12.1 Å². The van der Waals surface area contributed by atoms with E-state index < -0.39 is 0 Å². The summed E-state index contributed by atoms with van der Waals surface area (Å²) < 4.78 is 7.29. The molecular formula is C14H16N4O. The molecule has 0 aliphatic heterocycles. The Kier molecular flexibility index (Phi) is 4.96. The molecule has 0 saturated heterocycles. The molecule has 1 heterocycles. The van der Waals surface area contributed by atoms with Crippen molar-refractivity contribution in [1.29, 1.82) is 5.26 Å². The van der Waals surface area contributed by atoms with Crippen LogP contribution >= 0.6 is 0 Å². The van der Waals surface area contributed by atoms with Crippen LogP contribution in [0.15, 0.2) is 43.0 Å². The average molecular weight is 256 g/mol. The highest BCUT2D eigenvalue weighted by atomic mass is 16.5. The molecule has 2 aromatic rings. The van der Waals surface area contributed by atoms with Gasteiger partial charge in [-0.05, 0) is 17.7 Å². The van der Waals surface area contributed by atoms with E-state index in [0.29, 0.717) is 0 Å². The Balaban J connectivity index is 1.74. The zero-order valence-electron chi connectivity index (χ0n) is 10.6. The van der Waals surface area contributed by atoms with Gasteiger partial charge in [0.25, 0.3) is 0 Å². The van der Waals surface area contributed by atoms with Crippen LogP contribution in [0.4, 0.5) is 0 Å². The molecule has 5 heteroatoms. The van der Waals surface area contributed by atoms with E-state index in [0.717, 1.165) is 30.9 Å².